The molecule has 0 aromatic carbocycles. The highest BCUT2D eigenvalue weighted by Gasteiger charge is 2.72. The Labute approximate surface area is 229 Å². The lowest BCUT2D eigenvalue weighted by atomic mass is 9.32. The van der Waals surface area contributed by atoms with Crippen molar-refractivity contribution in [2.75, 3.05) is 6.61 Å². The molecule has 7 nitrogen and oxygen atoms in total. The standard InChI is InChI=1S/C30H50O7S/c1-18(17-31)19-9-14-30(25(32)33)16-15-28(5)20(24(19)30)7-8-22-27(4)12-11-23(37-38(34,35)36)26(2,3)21(27)10-13-29(22,28)6/h18-24,31H,7-17H2,1-6H3,(H,32,33)(H,34,35,36)/t18?,19-,20?,21?,22?,23-,24?,27-,28+,29+,30-/m0/s1. The number of aliphatic hydroxyl groups is 1. The smallest absolute Gasteiger partial charge is 0.397 e. The molecule has 3 N–H and O–H groups in total. The molecular weight excluding hydrogens is 504 g/mol. The Balaban J connectivity index is 1.51. The van der Waals surface area contributed by atoms with E-state index in [0.29, 0.717) is 18.3 Å². The molecule has 11 atom stereocenters. The lowest BCUT2D eigenvalue weighted by molar-refractivity contribution is -0.248. The van der Waals surface area contributed by atoms with Crippen molar-refractivity contribution in [1.29, 1.82) is 0 Å². The van der Waals surface area contributed by atoms with Crippen LogP contribution in [-0.4, -0.2) is 41.9 Å². The third-order valence-electron chi connectivity index (χ3n) is 14.1. The van der Waals surface area contributed by atoms with Crippen LogP contribution in [0, 0.1) is 62.6 Å². The Kier molecular flexibility index (Phi) is 6.75. The van der Waals surface area contributed by atoms with Gasteiger partial charge in [-0.1, -0.05) is 41.5 Å². The largest absolute Gasteiger partial charge is 0.481 e. The molecule has 5 fully saturated rings. The summed E-state index contributed by atoms with van der Waals surface area (Å²) in [5, 5.41) is 20.7. The van der Waals surface area contributed by atoms with Gasteiger partial charge in [-0.3, -0.25) is 9.35 Å². The molecule has 0 aliphatic heterocycles. The molecule has 0 bridgehead atoms. The van der Waals surface area contributed by atoms with Crippen molar-refractivity contribution < 1.29 is 32.2 Å². The first kappa shape index (κ1) is 28.8. The number of rotatable bonds is 5. The Hall–Kier alpha value is -0.700. The SMILES string of the molecule is CC(CO)[C@@H]1CC[C@]2(C(=O)O)CC[C@]3(C)C(CCC4[C@@]5(C)CC[C@H](OS(=O)(=O)O)C(C)(C)C5CC[C@]43C)C12. The van der Waals surface area contributed by atoms with Crippen molar-refractivity contribution in [3.63, 3.8) is 0 Å². The highest BCUT2D eigenvalue weighted by molar-refractivity contribution is 7.80. The number of carboxylic acid groups (broad SMARTS) is 1. The van der Waals surface area contributed by atoms with E-state index >= 15 is 0 Å². The summed E-state index contributed by atoms with van der Waals surface area (Å²) >= 11 is 0. The molecule has 0 aromatic heterocycles. The summed E-state index contributed by atoms with van der Waals surface area (Å²) in [6.45, 7) is 13.8. The van der Waals surface area contributed by atoms with Crippen LogP contribution in [0.15, 0.2) is 0 Å². The Bertz CT molecular complexity index is 1070. The first-order valence-electron chi connectivity index (χ1n) is 15.0. The lowest BCUT2D eigenvalue weighted by Crippen LogP contribution is -2.67. The molecule has 0 amide bonds. The molecule has 0 aromatic rings. The summed E-state index contributed by atoms with van der Waals surface area (Å²) < 4.78 is 38.0. The van der Waals surface area contributed by atoms with Crippen molar-refractivity contribution in [3.8, 4) is 0 Å². The number of carboxylic acids is 1. The molecule has 0 spiro atoms. The first-order valence-corrected chi connectivity index (χ1v) is 16.3. The van der Waals surface area contributed by atoms with Crippen LogP contribution in [0.1, 0.15) is 106 Å². The topological polar surface area (TPSA) is 121 Å². The second-order valence-corrected chi connectivity index (χ2v) is 16.4. The fourth-order valence-electron chi connectivity index (χ4n) is 12.1. The van der Waals surface area contributed by atoms with Gasteiger partial charge in [-0.2, -0.15) is 8.42 Å². The predicted octanol–water partition coefficient (Wildman–Crippen LogP) is 5.97. The molecule has 0 radical (unpaired) electrons. The number of aliphatic hydroxyl groups excluding tert-OH is 1. The third-order valence-corrected chi connectivity index (χ3v) is 14.6. The summed E-state index contributed by atoms with van der Waals surface area (Å²) in [6.07, 6.45) is 8.36. The van der Waals surface area contributed by atoms with E-state index in [-0.39, 0.29) is 51.9 Å². The van der Waals surface area contributed by atoms with E-state index in [0.717, 1.165) is 57.8 Å². The maximum Gasteiger partial charge on any atom is 0.397 e. The number of aliphatic carboxylic acids is 1. The normalized spacial score (nSPS) is 50.7. The van der Waals surface area contributed by atoms with Gasteiger partial charge >= 0.3 is 16.4 Å². The minimum atomic E-state index is -4.52. The van der Waals surface area contributed by atoms with Gasteiger partial charge in [0.05, 0.1) is 11.5 Å². The van der Waals surface area contributed by atoms with Crippen LogP contribution in [-0.2, 0) is 19.4 Å². The van der Waals surface area contributed by atoms with Gasteiger partial charge < -0.3 is 10.2 Å². The second-order valence-electron chi connectivity index (χ2n) is 15.4. The lowest BCUT2D eigenvalue weighted by Gasteiger charge is -2.72. The molecule has 5 rings (SSSR count). The number of carbonyl (C=O) groups is 1. The number of fused-ring (bicyclic) bond motifs is 7. The molecule has 5 unspecified atom stereocenters. The molecule has 5 aliphatic rings. The fourth-order valence-corrected chi connectivity index (χ4v) is 12.7. The van der Waals surface area contributed by atoms with Gasteiger partial charge in [-0.15, -0.1) is 0 Å². The van der Waals surface area contributed by atoms with E-state index in [9.17, 15) is 28.0 Å². The third kappa shape index (κ3) is 3.75. The van der Waals surface area contributed by atoms with E-state index in [4.69, 9.17) is 4.18 Å². The molecule has 38 heavy (non-hydrogen) atoms. The van der Waals surface area contributed by atoms with Crippen LogP contribution < -0.4 is 0 Å². The maximum atomic E-state index is 12.9. The first-order chi connectivity index (χ1) is 17.5. The average molecular weight is 555 g/mol. The molecule has 218 valence electrons. The van der Waals surface area contributed by atoms with Crippen molar-refractivity contribution in [1.82, 2.24) is 0 Å². The zero-order valence-electron chi connectivity index (χ0n) is 24.2. The summed E-state index contributed by atoms with van der Waals surface area (Å²) in [6, 6.07) is 0. The zero-order chi connectivity index (χ0) is 28.1. The Morgan fingerprint density at radius 2 is 1.58 bits per heavy atom. The highest BCUT2D eigenvalue weighted by Crippen LogP contribution is 2.77. The zero-order valence-corrected chi connectivity index (χ0v) is 25.0. The van der Waals surface area contributed by atoms with Crippen molar-refractivity contribution >= 4 is 16.4 Å². The Morgan fingerprint density at radius 3 is 2.18 bits per heavy atom. The Morgan fingerprint density at radius 1 is 0.895 bits per heavy atom. The maximum absolute atomic E-state index is 12.9. The summed E-state index contributed by atoms with van der Waals surface area (Å²) in [5.74, 6) is 0.930. The van der Waals surface area contributed by atoms with Gasteiger partial charge in [0.25, 0.3) is 0 Å². The second kappa shape index (κ2) is 8.90. The molecular formula is C30H50O7S. The van der Waals surface area contributed by atoms with E-state index in [2.05, 4.69) is 41.5 Å². The minimum absolute atomic E-state index is 0.0250. The number of hydrogen-bond acceptors (Lipinski definition) is 5. The fraction of sp³-hybridized carbons (Fsp3) is 0.967. The number of hydrogen-bond donors (Lipinski definition) is 3. The van der Waals surface area contributed by atoms with Crippen molar-refractivity contribution in [2.45, 2.75) is 112 Å². The summed E-state index contributed by atoms with van der Waals surface area (Å²) in [5.41, 5.74) is -0.931. The molecule has 0 saturated heterocycles. The van der Waals surface area contributed by atoms with Crippen molar-refractivity contribution in [2.24, 2.45) is 62.6 Å². The van der Waals surface area contributed by atoms with Crippen LogP contribution in [0.25, 0.3) is 0 Å². The van der Waals surface area contributed by atoms with Gasteiger partial charge in [0, 0.05) is 6.61 Å². The monoisotopic (exact) mass is 554 g/mol. The van der Waals surface area contributed by atoms with Gasteiger partial charge in [-0.05, 0) is 121 Å². The van der Waals surface area contributed by atoms with Gasteiger partial charge in [0.2, 0.25) is 0 Å². The van der Waals surface area contributed by atoms with Gasteiger partial charge in [-0.25, -0.2) is 4.18 Å². The van der Waals surface area contributed by atoms with Crippen LogP contribution >= 0.6 is 0 Å². The molecule has 5 aliphatic carbocycles. The van der Waals surface area contributed by atoms with Gasteiger partial charge in [0.1, 0.15) is 0 Å². The van der Waals surface area contributed by atoms with E-state index < -0.39 is 27.9 Å². The van der Waals surface area contributed by atoms with Gasteiger partial charge in [0.15, 0.2) is 0 Å². The summed E-state index contributed by atoms with van der Waals surface area (Å²) in [4.78, 5) is 12.9. The average Bonchev–Trinajstić information content (AvgIpc) is 3.21. The predicted molar refractivity (Wildman–Crippen MR) is 144 cm³/mol. The van der Waals surface area contributed by atoms with Crippen LogP contribution in [0.5, 0.6) is 0 Å². The van der Waals surface area contributed by atoms with E-state index in [1.165, 1.54) is 0 Å². The molecule has 0 heterocycles. The highest BCUT2D eigenvalue weighted by atomic mass is 32.3. The van der Waals surface area contributed by atoms with Crippen LogP contribution in [0.2, 0.25) is 0 Å². The molecule has 5 saturated carbocycles. The van der Waals surface area contributed by atoms with E-state index in [1.54, 1.807) is 0 Å². The minimum Gasteiger partial charge on any atom is -0.481 e. The molecule has 8 heteroatoms. The van der Waals surface area contributed by atoms with Crippen molar-refractivity contribution in [3.05, 3.63) is 0 Å². The van der Waals surface area contributed by atoms with E-state index in [1.807, 2.05) is 0 Å². The van der Waals surface area contributed by atoms with Crippen LogP contribution in [0.4, 0.5) is 0 Å². The van der Waals surface area contributed by atoms with Crippen LogP contribution in [0.3, 0.4) is 0 Å². The quantitative estimate of drug-likeness (QED) is 0.358. The summed E-state index contributed by atoms with van der Waals surface area (Å²) in [7, 11) is -4.52.